The first kappa shape index (κ1) is 11.3. The lowest BCUT2D eigenvalue weighted by Crippen LogP contribution is -2.17. The molecule has 0 saturated carbocycles. The molecular weight excluding hydrogens is 202 g/mol. The van der Waals surface area contributed by atoms with Crippen molar-refractivity contribution in [2.45, 2.75) is 26.8 Å². The van der Waals surface area contributed by atoms with Crippen molar-refractivity contribution in [1.29, 1.82) is 0 Å². The van der Waals surface area contributed by atoms with Crippen molar-refractivity contribution in [1.82, 2.24) is 5.32 Å². The molecule has 0 N–H and O–H groups in total. The number of benzene rings is 1. The molecule has 0 unspecified atom stereocenters. The van der Waals surface area contributed by atoms with Crippen LogP contribution in [0.5, 0.6) is 11.5 Å². The Kier molecular flexibility index (Phi) is 3.67. The smallest absolute Gasteiger partial charge is 0.161 e. The van der Waals surface area contributed by atoms with E-state index < -0.39 is 0 Å². The van der Waals surface area contributed by atoms with E-state index in [9.17, 15) is 0 Å². The summed E-state index contributed by atoms with van der Waals surface area (Å²) in [5.74, 6) is 1.71. The van der Waals surface area contributed by atoms with Crippen molar-refractivity contribution in [3.63, 3.8) is 0 Å². The maximum atomic E-state index is 5.60. The number of nitrogens with zero attached hydrogens (tertiary/aromatic N) is 1. The Labute approximate surface area is 96.8 Å². The maximum absolute atomic E-state index is 5.60. The Morgan fingerprint density at radius 3 is 2.31 bits per heavy atom. The predicted octanol–water partition coefficient (Wildman–Crippen LogP) is 2.14. The SMILES string of the molecule is CCOc1cc2c(cc1OCC)C[N]CC2. The molecule has 3 nitrogen and oxygen atoms in total. The van der Waals surface area contributed by atoms with Gasteiger partial charge in [0, 0.05) is 13.1 Å². The van der Waals surface area contributed by atoms with Crippen molar-refractivity contribution in [3.8, 4) is 11.5 Å². The summed E-state index contributed by atoms with van der Waals surface area (Å²) in [5, 5.41) is 4.40. The minimum Gasteiger partial charge on any atom is -0.490 e. The Bertz CT molecular complexity index is 328. The number of fused-ring (bicyclic) bond motifs is 1. The van der Waals surface area contributed by atoms with E-state index in [0.29, 0.717) is 13.2 Å². The van der Waals surface area contributed by atoms with Gasteiger partial charge in [0.05, 0.1) is 13.2 Å². The molecule has 1 aliphatic rings. The minimum atomic E-state index is 0.663. The number of rotatable bonds is 4. The van der Waals surface area contributed by atoms with Crippen molar-refractivity contribution < 1.29 is 9.47 Å². The zero-order valence-electron chi connectivity index (χ0n) is 9.95. The van der Waals surface area contributed by atoms with Crippen LogP contribution in [0.1, 0.15) is 25.0 Å². The van der Waals surface area contributed by atoms with Gasteiger partial charge in [0.2, 0.25) is 0 Å². The van der Waals surface area contributed by atoms with Crippen LogP contribution >= 0.6 is 0 Å². The van der Waals surface area contributed by atoms with E-state index in [1.165, 1.54) is 11.1 Å². The predicted molar refractivity (Wildman–Crippen MR) is 63.2 cm³/mol. The summed E-state index contributed by atoms with van der Waals surface area (Å²) < 4.78 is 11.2. The van der Waals surface area contributed by atoms with Gasteiger partial charge in [0.15, 0.2) is 11.5 Å². The maximum Gasteiger partial charge on any atom is 0.161 e. The first-order chi connectivity index (χ1) is 7.85. The third kappa shape index (κ3) is 2.30. The Balaban J connectivity index is 2.33. The van der Waals surface area contributed by atoms with E-state index in [4.69, 9.17) is 9.47 Å². The summed E-state index contributed by atoms with van der Waals surface area (Å²) in [6.45, 7) is 7.04. The van der Waals surface area contributed by atoms with E-state index in [2.05, 4.69) is 17.4 Å². The topological polar surface area (TPSA) is 32.6 Å². The second kappa shape index (κ2) is 5.21. The monoisotopic (exact) mass is 220 g/mol. The highest BCUT2D eigenvalue weighted by atomic mass is 16.5. The van der Waals surface area contributed by atoms with Crippen molar-refractivity contribution in [2.75, 3.05) is 19.8 Å². The number of hydrogen-bond donors (Lipinski definition) is 0. The molecule has 0 saturated heterocycles. The molecule has 0 fully saturated rings. The van der Waals surface area contributed by atoms with Crippen LogP contribution in [0.3, 0.4) is 0 Å². The standard InChI is InChI=1S/C13H18NO2/c1-3-15-12-7-10-5-6-14-9-11(10)8-13(12)16-4-2/h7-8H,3-6,9H2,1-2H3. The van der Waals surface area contributed by atoms with Crippen LogP contribution in [0.15, 0.2) is 12.1 Å². The van der Waals surface area contributed by atoms with E-state index in [-0.39, 0.29) is 0 Å². The minimum absolute atomic E-state index is 0.663. The van der Waals surface area contributed by atoms with Gasteiger partial charge in [-0.1, -0.05) is 0 Å². The van der Waals surface area contributed by atoms with Crippen LogP contribution < -0.4 is 14.8 Å². The zero-order valence-corrected chi connectivity index (χ0v) is 9.95. The van der Waals surface area contributed by atoms with Crippen LogP contribution in [-0.2, 0) is 13.0 Å². The Morgan fingerprint density at radius 1 is 1.06 bits per heavy atom. The molecule has 16 heavy (non-hydrogen) atoms. The fourth-order valence-electron chi connectivity index (χ4n) is 1.96. The van der Waals surface area contributed by atoms with Crippen molar-refractivity contribution in [3.05, 3.63) is 23.3 Å². The van der Waals surface area contributed by atoms with Gasteiger partial charge in [0.1, 0.15) is 0 Å². The second-order valence-electron chi connectivity index (χ2n) is 3.79. The van der Waals surface area contributed by atoms with Crippen molar-refractivity contribution >= 4 is 0 Å². The number of ether oxygens (including phenoxy) is 2. The summed E-state index contributed by atoms with van der Waals surface area (Å²) in [7, 11) is 0. The summed E-state index contributed by atoms with van der Waals surface area (Å²) >= 11 is 0. The van der Waals surface area contributed by atoms with Crippen molar-refractivity contribution in [2.24, 2.45) is 0 Å². The Hall–Kier alpha value is -1.22. The molecule has 0 amide bonds. The molecule has 87 valence electrons. The van der Waals surface area contributed by atoms with E-state index >= 15 is 0 Å². The molecule has 3 heteroatoms. The molecule has 1 heterocycles. The van der Waals surface area contributed by atoms with Crippen LogP contribution in [0.4, 0.5) is 0 Å². The van der Waals surface area contributed by atoms with Crippen LogP contribution in [0, 0.1) is 0 Å². The summed E-state index contributed by atoms with van der Waals surface area (Å²) in [5.41, 5.74) is 2.63. The highest BCUT2D eigenvalue weighted by molar-refractivity contribution is 5.48. The van der Waals surface area contributed by atoms with Crippen LogP contribution in [-0.4, -0.2) is 19.8 Å². The van der Waals surface area contributed by atoms with Crippen LogP contribution in [0.2, 0.25) is 0 Å². The molecule has 0 bridgehead atoms. The first-order valence-electron chi connectivity index (χ1n) is 5.89. The number of hydrogen-bond acceptors (Lipinski definition) is 2. The average Bonchev–Trinajstić information content (AvgIpc) is 2.30. The zero-order chi connectivity index (χ0) is 11.4. The molecule has 1 aliphatic heterocycles. The molecular formula is C13H18NO2. The van der Waals surface area contributed by atoms with Gasteiger partial charge in [-0.05, 0) is 43.5 Å². The lowest BCUT2D eigenvalue weighted by molar-refractivity contribution is 0.286. The van der Waals surface area contributed by atoms with Gasteiger partial charge in [-0.3, -0.25) is 0 Å². The quantitative estimate of drug-likeness (QED) is 0.778. The first-order valence-corrected chi connectivity index (χ1v) is 5.89. The third-order valence-electron chi connectivity index (χ3n) is 2.69. The molecule has 0 aromatic heterocycles. The lowest BCUT2D eigenvalue weighted by Gasteiger charge is -2.19. The molecule has 2 rings (SSSR count). The summed E-state index contributed by atoms with van der Waals surface area (Å²) in [6, 6.07) is 4.19. The molecule has 0 aliphatic carbocycles. The summed E-state index contributed by atoms with van der Waals surface area (Å²) in [6.07, 6.45) is 1.02. The molecule has 1 aromatic carbocycles. The fraction of sp³-hybridized carbons (Fsp3) is 0.538. The van der Waals surface area contributed by atoms with Gasteiger partial charge in [0.25, 0.3) is 0 Å². The van der Waals surface area contributed by atoms with Gasteiger partial charge >= 0.3 is 0 Å². The van der Waals surface area contributed by atoms with E-state index in [1.54, 1.807) is 0 Å². The van der Waals surface area contributed by atoms with Gasteiger partial charge < -0.3 is 9.47 Å². The fourth-order valence-corrected chi connectivity index (χ4v) is 1.96. The third-order valence-corrected chi connectivity index (χ3v) is 2.69. The van der Waals surface area contributed by atoms with Gasteiger partial charge in [-0.25, -0.2) is 5.32 Å². The largest absolute Gasteiger partial charge is 0.490 e. The molecule has 1 aromatic rings. The highest BCUT2D eigenvalue weighted by Gasteiger charge is 2.14. The average molecular weight is 220 g/mol. The van der Waals surface area contributed by atoms with E-state index in [0.717, 1.165) is 31.0 Å². The van der Waals surface area contributed by atoms with Gasteiger partial charge in [-0.15, -0.1) is 0 Å². The molecule has 1 radical (unpaired) electrons. The van der Waals surface area contributed by atoms with Crippen LogP contribution in [0.25, 0.3) is 0 Å². The highest BCUT2D eigenvalue weighted by Crippen LogP contribution is 2.32. The normalized spacial score (nSPS) is 14.4. The lowest BCUT2D eigenvalue weighted by atomic mass is 10.0. The van der Waals surface area contributed by atoms with Gasteiger partial charge in [-0.2, -0.15) is 0 Å². The van der Waals surface area contributed by atoms with E-state index in [1.807, 2.05) is 13.8 Å². The molecule has 0 atom stereocenters. The molecule has 0 spiro atoms. The Morgan fingerprint density at radius 2 is 1.69 bits per heavy atom. The summed E-state index contributed by atoms with van der Waals surface area (Å²) in [4.78, 5) is 0. The second-order valence-corrected chi connectivity index (χ2v) is 3.79.